The molecule has 1 saturated heterocycles. The van der Waals surface area contributed by atoms with Crippen molar-refractivity contribution in [1.29, 1.82) is 0 Å². The molecule has 4 aromatic rings. The van der Waals surface area contributed by atoms with Gasteiger partial charge in [-0.3, -0.25) is 14.6 Å². The highest BCUT2D eigenvalue weighted by molar-refractivity contribution is 5.97. The van der Waals surface area contributed by atoms with Crippen LogP contribution in [0, 0.1) is 11.8 Å². The molecule has 0 unspecified atom stereocenters. The average Bonchev–Trinajstić information content (AvgIpc) is 3.48. The molecule has 0 radical (unpaired) electrons. The number of fused-ring (bicyclic) bond motifs is 3. The van der Waals surface area contributed by atoms with Crippen LogP contribution in [-0.4, -0.2) is 73.3 Å². The van der Waals surface area contributed by atoms with Gasteiger partial charge in [-0.2, -0.15) is 0 Å². The summed E-state index contributed by atoms with van der Waals surface area (Å²) >= 11 is 0. The zero-order chi connectivity index (χ0) is 35.2. The predicted octanol–water partition coefficient (Wildman–Crippen LogP) is 6.52. The summed E-state index contributed by atoms with van der Waals surface area (Å²) < 4.78 is 23.8. The van der Waals surface area contributed by atoms with Gasteiger partial charge in [0.2, 0.25) is 0 Å². The van der Waals surface area contributed by atoms with Crippen LogP contribution in [0.1, 0.15) is 64.0 Å². The Morgan fingerprint density at radius 2 is 1.36 bits per heavy atom. The third-order valence-corrected chi connectivity index (χ3v) is 9.50. The Morgan fingerprint density at radius 1 is 0.820 bits per heavy atom. The molecular weight excluding hydrogens is 633 g/mol. The van der Waals surface area contributed by atoms with Crippen molar-refractivity contribution in [3.05, 3.63) is 130 Å². The van der Waals surface area contributed by atoms with Crippen LogP contribution < -0.4 is 5.32 Å². The number of halogens is 1. The number of esters is 1. The van der Waals surface area contributed by atoms with E-state index in [1.807, 2.05) is 72.8 Å². The molecule has 0 aromatic heterocycles. The Labute approximate surface area is 292 Å². The molecule has 0 bridgehead atoms. The molecular formula is C41H40FN3O5. The Morgan fingerprint density at radius 3 is 1.90 bits per heavy atom. The Balaban J connectivity index is 1.16. The fourth-order valence-corrected chi connectivity index (χ4v) is 6.79. The van der Waals surface area contributed by atoms with Crippen molar-refractivity contribution < 1.29 is 28.2 Å². The summed E-state index contributed by atoms with van der Waals surface area (Å²) in [7, 11) is 2.54. The lowest BCUT2D eigenvalue weighted by molar-refractivity contribution is -0.144. The zero-order valence-electron chi connectivity index (χ0n) is 28.4. The highest BCUT2D eigenvalue weighted by Crippen LogP contribution is 2.47. The summed E-state index contributed by atoms with van der Waals surface area (Å²) in [4.78, 5) is 43.9. The first-order valence-corrected chi connectivity index (χ1v) is 16.8. The third-order valence-electron chi connectivity index (χ3n) is 9.50. The summed E-state index contributed by atoms with van der Waals surface area (Å²) in [5, 5.41) is 2.81. The number of benzene rings is 4. The Hall–Kier alpha value is -5.46. The van der Waals surface area contributed by atoms with E-state index < -0.39 is 42.3 Å². The SMILES string of the molecule is COC(=O)[C@@H](NC(=O)c1ccc(C#Cc2ccc(CN3CCC(F)CC3)cc2)cc1)[C@@H](C)N(C(=O)OC)C1c2ccccc2-c2ccccc21. The van der Waals surface area contributed by atoms with E-state index in [0.717, 1.165) is 53.0 Å². The largest absolute Gasteiger partial charge is 0.467 e. The van der Waals surface area contributed by atoms with Gasteiger partial charge in [0.1, 0.15) is 12.2 Å². The highest BCUT2D eigenvalue weighted by atomic mass is 19.1. The molecule has 4 aromatic carbocycles. The smallest absolute Gasteiger partial charge is 0.410 e. The topological polar surface area (TPSA) is 88.2 Å². The number of carbonyl (C=O) groups is 3. The number of nitrogens with one attached hydrogen (secondary N) is 1. The van der Waals surface area contributed by atoms with Crippen LogP contribution in [0.5, 0.6) is 0 Å². The molecule has 256 valence electrons. The van der Waals surface area contributed by atoms with Crippen molar-refractivity contribution in [2.24, 2.45) is 0 Å². The number of ether oxygens (including phenoxy) is 2. The molecule has 1 N–H and O–H groups in total. The Bertz CT molecular complexity index is 1860. The summed E-state index contributed by atoms with van der Waals surface area (Å²) in [6.45, 7) is 4.04. The lowest BCUT2D eigenvalue weighted by Gasteiger charge is -2.37. The number of piperidine rings is 1. The second kappa shape index (κ2) is 15.4. The van der Waals surface area contributed by atoms with Gasteiger partial charge in [0, 0.05) is 36.3 Å². The van der Waals surface area contributed by atoms with Gasteiger partial charge in [-0.1, -0.05) is 72.5 Å². The van der Waals surface area contributed by atoms with Crippen molar-refractivity contribution in [1.82, 2.24) is 15.1 Å². The first-order chi connectivity index (χ1) is 24.3. The fourth-order valence-electron chi connectivity index (χ4n) is 6.79. The minimum Gasteiger partial charge on any atom is -0.467 e. The van der Waals surface area contributed by atoms with Gasteiger partial charge in [-0.15, -0.1) is 0 Å². The van der Waals surface area contributed by atoms with Crippen LogP contribution in [0.15, 0.2) is 97.1 Å². The van der Waals surface area contributed by atoms with Crippen LogP contribution >= 0.6 is 0 Å². The normalized spacial score (nSPS) is 15.4. The summed E-state index contributed by atoms with van der Waals surface area (Å²) in [6, 6.07) is 27.8. The molecule has 50 heavy (non-hydrogen) atoms. The van der Waals surface area contributed by atoms with E-state index in [4.69, 9.17) is 9.47 Å². The van der Waals surface area contributed by atoms with Gasteiger partial charge in [-0.25, -0.2) is 14.0 Å². The van der Waals surface area contributed by atoms with Gasteiger partial charge in [0.05, 0.1) is 26.3 Å². The average molecular weight is 674 g/mol. The van der Waals surface area contributed by atoms with Gasteiger partial charge >= 0.3 is 12.1 Å². The van der Waals surface area contributed by atoms with Crippen molar-refractivity contribution in [2.45, 2.75) is 50.6 Å². The van der Waals surface area contributed by atoms with Gasteiger partial charge in [0.25, 0.3) is 5.91 Å². The van der Waals surface area contributed by atoms with Crippen molar-refractivity contribution in [3.63, 3.8) is 0 Å². The number of methoxy groups -OCH3 is 2. The molecule has 8 nitrogen and oxygen atoms in total. The molecule has 1 aliphatic carbocycles. The number of likely N-dealkylation sites (tertiary alicyclic amines) is 1. The molecule has 1 fully saturated rings. The second-order valence-electron chi connectivity index (χ2n) is 12.6. The van der Waals surface area contributed by atoms with Crippen LogP contribution in [0.2, 0.25) is 0 Å². The zero-order valence-corrected chi connectivity index (χ0v) is 28.4. The van der Waals surface area contributed by atoms with E-state index >= 15 is 0 Å². The molecule has 0 spiro atoms. The fraction of sp³-hybridized carbons (Fsp3) is 0.293. The predicted molar refractivity (Wildman–Crippen MR) is 189 cm³/mol. The molecule has 2 amide bonds. The van der Waals surface area contributed by atoms with E-state index in [1.54, 1.807) is 31.2 Å². The molecule has 2 atom stereocenters. The quantitative estimate of drug-likeness (QED) is 0.169. The minimum atomic E-state index is -1.20. The molecule has 2 aliphatic rings. The van der Waals surface area contributed by atoms with E-state index in [1.165, 1.54) is 19.1 Å². The van der Waals surface area contributed by atoms with E-state index in [9.17, 15) is 18.8 Å². The van der Waals surface area contributed by atoms with Crippen LogP contribution in [-0.2, 0) is 20.8 Å². The lowest BCUT2D eigenvalue weighted by atomic mass is 9.99. The van der Waals surface area contributed by atoms with E-state index in [-0.39, 0.29) is 0 Å². The maximum atomic E-state index is 13.5. The number of carbonyl (C=O) groups excluding carboxylic acids is 3. The monoisotopic (exact) mass is 673 g/mol. The number of alkyl halides is 1. The summed E-state index contributed by atoms with van der Waals surface area (Å²) in [5.74, 6) is 5.09. The molecule has 6 rings (SSSR count). The highest BCUT2D eigenvalue weighted by Gasteiger charge is 2.43. The van der Waals surface area contributed by atoms with E-state index in [0.29, 0.717) is 24.0 Å². The van der Waals surface area contributed by atoms with Gasteiger partial charge in [-0.05, 0) is 84.0 Å². The first-order valence-electron chi connectivity index (χ1n) is 16.8. The second-order valence-corrected chi connectivity index (χ2v) is 12.6. The van der Waals surface area contributed by atoms with Gasteiger partial charge in [0.15, 0.2) is 0 Å². The maximum absolute atomic E-state index is 13.5. The number of amides is 2. The lowest BCUT2D eigenvalue weighted by Crippen LogP contribution is -2.57. The summed E-state index contributed by atoms with van der Waals surface area (Å²) in [6.07, 6.45) is -0.146. The van der Waals surface area contributed by atoms with Crippen LogP contribution in [0.4, 0.5) is 9.18 Å². The van der Waals surface area contributed by atoms with Crippen molar-refractivity contribution in [2.75, 3.05) is 27.3 Å². The number of nitrogens with zero attached hydrogens (tertiary/aromatic N) is 2. The van der Waals surface area contributed by atoms with Crippen molar-refractivity contribution in [3.8, 4) is 23.0 Å². The molecule has 1 heterocycles. The number of rotatable bonds is 8. The van der Waals surface area contributed by atoms with E-state index in [2.05, 4.69) is 22.1 Å². The van der Waals surface area contributed by atoms with Crippen LogP contribution in [0.3, 0.4) is 0 Å². The Kier molecular flexibility index (Phi) is 10.6. The summed E-state index contributed by atoms with van der Waals surface area (Å²) in [5.41, 5.74) is 6.81. The standard InChI is InChI=1S/C41H40FN3O5/c1-27(45(41(48)50-3)38-35-10-6-4-8-33(35)34-9-5-7-11-36(34)38)37(40(47)49-2)43-39(46)31-20-18-29(19-21-31)13-12-28-14-16-30(17-15-28)26-44-24-22-32(42)23-25-44/h4-11,14-21,27,32,37-38H,22-26H2,1-3H3,(H,43,46)/t27-,37+/m1/s1. The number of hydrogen-bond donors (Lipinski definition) is 1. The number of hydrogen-bond acceptors (Lipinski definition) is 6. The maximum Gasteiger partial charge on any atom is 0.410 e. The van der Waals surface area contributed by atoms with Crippen molar-refractivity contribution >= 4 is 18.0 Å². The first kappa shape index (κ1) is 34.4. The third kappa shape index (κ3) is 7.41. The minimum absolute atomic E-state index is 0.318. The van der Waals surface area contributed by atoms with Gasteiger partial charge < -0.3 is 14.8 Å². The molecule has 9 heteroatoms. The molecule has 1 aliphatic heterocycles. The van der Waals surface area contributed by atoms with Crippen LogP contribution in [0.25, 0.3) is 11.1 Å². The molecule has 0 saturated carbocycles.